The molecule has 1 aromatic rings. The van der Waals surface area contributed by atoms with Crippen LogP contribution in [-0.2, 0) is 9.53 Å². The molecule has 104 valence electrons. The number of ether oxygens (including phenoxy) is 1. The molecule has 0 amide bonds. The summed E-state index contributed by atoms with van der Waals surface area (Å²) in [5, 5.41) is 9.18. The van der Waals surface area contributed by atoms with Crippen molar-refractivity contribution in [2.24, 2.45) is 0 Å². The largest absolute Gasteiger partial charge is 0.480 e. The SMILES string of the molecule is CCC(C(=O)O)N1CCOC(c2ccccc2F)C1. The van der Waals surface area contributed by atoms with Gasteiger partial charge in [0, 0.05) is 18.7 Å². The van der Waals surface area contributed by atoms with Crippen molar-refractivity contribution in [2.75, 3.05) is 19.7 Å². The fourth-order valence-corrected chi connectivity index (χ4v) is 2.47. The van der Waals surface area contributed by atoms with E-state index in [4.69, 9.17) is 4.74 Å². The van der Waals surface area contributed by atoms with Crippen LogP contribution in [0.25, 0.3) is 0 Å². The fraction of sp³-hybridized carbons (Fsp3) is 0.500. The van der Waals surface area contributed by atoms with Gasteiger partial charge in [-0.25, -0.2) is 4.39 Å². The molecule has 0 bridgehead atoms. The van der Waals surface area contributed by atoms with Crippen LogP contribution in [0.3, 0.4) is 0 Å². The lowest BCUT2D eigenvalue weighted by Crippen LogP contribution is -2.48. The Hall–Kier alpha value is -1.46. The molecular formula is C14H18FNO3. The Kier molecular flexibility index (Phi) is 4.50. The quantitative estimate of drug-likeness (QED) is 0.907. The zero-order valence-electron chi connectivity index (χ0n) is 10.9. The summed E-state index contributed by atoms with van der Waals surface area (Å²) in [6.07, 6.45) is 0.127. The van der Waals surface area contributed by atoms with Crippen LogP contribution in [0.1, 0.15) is 25.0 Å². The van der Waals surface area contributed by atoms with Crippen LogP contribution in [0, 0.1) is 5.82 Å². The Balaban J connectivity index is 2.13. The molecule has 1 saturated heterocycles. The Morgan fingerprint density at radius 2 is 2.32 bits per heavy atom. The molecule has 1 N–H and O–H groups in total. The van der Waals surface area contributed by atoms with Gasteiger partial charge in [-0.2, -0.15) is 0 Å². The summed E-state index contributed by atoms with van der Waals surface area (Å²) in [5.41, 5.74) is 0.493. The summed E-state index contributed by atoms with van der Waals surface area (Å²) in [7, 11) is 0. The predicted molar refractivity (Wildman–Crippen MR) is 68.4 cm³/mol. The molecule has 1 aliphatic heterocycles. The number of carbonyl (C=O) groups is 1. The normalized spacial score (nSPS) is 22.1. The fourth-order valence-electron chi connectivity index (χ4n) is 2.47. The van der Waals surface area contributed by atoms with Gasteiger partial charge in [0.1, 0.15) is 11.9 Å². The summed E-state index contributed by atoms with van der Waals surface area (Å²) >= 11 is 0. The molecule has 2 atom stereocenters. The first kappa shape index (κ1) is 14.0. The van der Waals surface area contributed by atoms with Crippen molar-refractivity contribution < 1.29 is 19.0 Å². The smallest absolute Gasteiger partial charge is 0.320 e. The maximum absolute atomic E-state index is 13.7. The molecule has 0 aliphatic carbocycles. The van der Waals surface area contributed by atoms with Gasteiger partial charge in [0.2, 0.25) is 0 Å². The van der Waals surface area contributed by atoms with Crippen molar-refractivity contribution in [1.29, 1.82) is 0 Å². The van der Waals surface area contributed by atoms with Crippen molar-refractivity contribution in [3.05, 3.63) is 35.6 Å². The van der Waals surface area contributed by atoms with E-state index in [-0.39, 0.29) is 5.82 Å². The first-order valence-electron chi connectivity index (χ1n) is 6.46. The Bertz CT molecular complexity index is 452. The molecule has 1 aliphatic rings. The number of aliphatic carboxylic acids is 1. The predicted octanol–water partition coefficient (Wildman–Crippen LogP) is 2.06. The van der Waals surface area contributed by atoms with Gasteiger partial charge in [-0.05, 0) is 12.5 Å². The molecule has 1 aromatic carbocycles. The molecule has 19 heavy (non-hydrogen) atoms. The van der Waals surface area contributed by atoms with Crippen LogP contribution >= 0.6 is 0 Å². The average Bonchev–Trinajstić information content (AvgIpc) is 2.40. The van der Waals surface area contributed by atoms with Crippen LogP contribution in [-0.4, -0.2) is 41.7 Å². The Morgan fingerprint density at radius 3 is 2.95 bits per heavy atom. The van der Waals surface area contributed by atoms with Crippen molar-refractivity contribution >= 4 is 5.97 Å². The minimum absolute atomic E-state index is 0.308. The number of carboxylic acids is 1. The first-order valence-corrected chi connectivity index (χ1v) is 6.46. The highest BCUT2D eigenvalue weighted by Gasteiger charge is 2.31. The molecule has 5 heteroatoms. The van der Waals surface area contributed by atoms with E-state index in [1.54, 1.807) is 18.2 Å². The van der Waals surface area contributed by atoms with Crippen molar-refractivity contribution in [3.63, 3.8) is 0 Å². The highest BCUT2D eigenvalue weighted by Crippen LogP contribution is 2.26. The van der Waals surface area contributed by atoms with Crippen LogP contribution in [0.2, 0.25) is 0 Å². The molecule has 0 saturated carbocycles. The number of hydrogen-bond donors (Lipinski definition) is 1. The van der Waals surface area contributed by atoms with E-state index in [1.165, 1.54) is 6.07 Å². The molecule has 0 radical (unpaired) electrons. The highest BCUT2D eigenvalue weighted by molar-refractivity contribution is 5.73. The summed E-state index contributed by atoms with van der Waals surface area (Å²) in [4.78, 5) is 13.0. The topological polar surface area (TPSA) is 49.8 Å². The second-order valence-corrected chi connectivity index (χ2v) is 4.64. The van der Waals surface area contributed by atoms with E-state index in [2.05, 4.69) is 0 Å². The lowest BCUT2D eigenvalue weighted by atomic mass is 10.1. The number of nitrogens with zero attached hydrogens (tertiary/aromatic N) is 1. The first-order chi connectivity index (χ1) is 9.13. The number of morpholine rings is 1. The van der Waals surface area contributed by atoms with E-state index in [0.717, 1.165) is 0 Å². The van der Waals surface area contributed by atoms with E-state index >= 15 is 0 Å². The molecule has 4 nitrogen and oxygen atoms in total. The average molecular weight is 267 g/mol. The van der Waals surface area contributed by atoms with Gasteiger partial charge in [-0.1, -0.05) is 25.1 Å². The van der Waals surface area contributed by atoms with E-state index in [9.17, 15) is 14.3 Å². The molecule has 0 spiro atoms. The number of benzene rings is 1. The monoisotopic (exact) mass is 267 g/mol. The van der Waals surface area contributed by atoms with E-state index in [1.807, 2.05) is 11.8 Å². The van der Waals surface area contributed by atoms with Gasteiger partial charge in [0.15, 0.2) is 0 Å². The lowest BCUT2D eigenvalue weighted by Gasteiger charge is -2.36. The van der Waals surface area contributed by atoms with Crippen LogP contribution < -0.4 is 0 Å². The zero-order chi connectivity index (χ0) is 13.8. The number of carboxylic acid groups (broad SMARTS) is 1. The van der Waals surface area contributed by atoms with Crippen LogP contribution in [0.15, 0.2) is 24.3 Å². The molecule has 1 fully saturated rings. The third kappa shape index (κ3) is 3.11. The maximum Gasteiger partial charge on any atom is 0.320 e. The summed E-state index contributed by atoms with van der Waals surface area (Å²) < 4.78 is 19.3. The summed E-state index contributed by atoms with van der Waals surface area (Å²) in [5.74, 6) is -1.14. The lowest BCUT2D eigenvalue weighted by molar-refractivity contribution is -0.147. The van der Waals surface area contributed by atoms with E-state index in [0.29, 0.717) is 31.7 Å². The van der Waals surface area contributed by atoms with Gasteiger partial charge in [-0.15, -0.1) is 0 Å². The van der Waals surface area contributed by atoms with Gasteiger partial charge < -0.3 is 9.84 Å². The highest BCUT2D eigenvalue weighted by atomic mass is 19.1. The number of hydrogen-bond acceptors (Lipinski definition) is 3. The van der Waals surface area contributed by atoms with Crippen LogP contribution in [0.4, 0.5) is 4.39 Å². The molecule has 2 rings (SSSR count). The number of rotatable bonds is 4. The third-order valence-electron chi connectivity index (χ3n) is 3.46. The maximum atomic E-state index is 13.7. The van der Waals surface area contributed by atoms with Crippen LogP contribution in [0.5, 0.6) is 0 Å². The zero-order valence-corrected chi connectivity index (χ0v) is 10.9. The van der Waals surface area contributed by atoms with Crippen molar-refractivity contribution in [2.45, 2.75) is 25.5 Å². The van der Waals surface area contributed by atoms with Gasteiger partial charge in [0.25, 0.3) is 0 Å². The van der Waals surface area contributed by atoms with Gasteiger partial charge >= 0.3 is 5.97 Å². The third-order valence-corrected chi connectivity index (χ3v) is 3.46. The molecule has 0 aromatic heterocycles. The Labute approximate surface area is 111 Å². The van der Waals surface area contributed by atoms with Crippen molar-refractivity contribution in [3.8, 4) is 0 Å². The Morgan fingerprint density at radius 1 is 1.58 bits per heavy atom. The second-order valence-electron chi connectivity index (χ2n) is 4.64. The minimum atomic E-state index is -0.836. The molecule has 1 heterocycles. The molecular weight excluding hydrogens is 249 g/mol. The van der Waals surface area contributed by atoms with E-state index < -0.39 is 18.1 Å². The second kappa shape index (κ2) is 6.12. The number of halogens is 1. The minimum Gasteiger partial charge on any atom is -0.480 e. The van der Waals surface area contributed by atoms with Gasteiger partial charge in [0.05, 0.1) is 12.7 Å². The van der Waals surface area contributed by atoms with Crippen molar-refractivity contribution in [1.82, 2.24) is 4.90 Å². The van der Waals surface area contributed by atoms with Gasteiger partial charge in [-0.3, -0.25) is 9.69 Å². The summed E-state index contributed by atoms with van der Waals surface area (Å²) in [6, 6.07) is 5.94. The standard InChI is InChI=1S/C14H18FNO3/c1-2-12(14(17)18)16-7-8-19-13(9-16)10-5-3-4-6-11(10)15/h3-6,12-13H,2,7-9H2,1H3,(H,17,18). The molecule has 2 unspecified atom stereocenters. The summed E-state index contributed by atoms with van der Waals surface area (Å²) in [6.45, 7) is 3.23.